The van der Waals surface area contributed by atoms with Gasteiger partial charge in [-0.1, -0.05) is 0 Å². The number of amides is 2. The summed E-state index contributed by atoms with van der Waals surface area (Å²) < 4.78 is 0. The minimum absolute atomic E-state index is 0.108. The summed E-state index contributed by atoms with van der Waals surface area (Å²) in [5, 5.41) is 14.3. The molecule has 0 spiro atoms. The Hall–Kier alpha value is -2.37. The van der Waals surface area contributed by atoms with Crippen LogP contribution in [0.5, 0.6) is 0 Å². The first-order chi connectivity index (χ1) is 10.0. The lowest BCUT2D eigenvalue weighted by atomic mass is 10.2. The van der Waals surface area contributed by atoms with Crippen molar-refractivity contribution in [3.05, 3.63) is 29.8 Å². The number of anilines is 1. The number of aliphatic carboxylic acids is 1. The smallest absolute Gasteiger partial charge is 0.307 e. The third-order valence-corrected chi connectivity index (χ3v) is 3.77. The van der Waals surface area contributed by atoms with E-state index in [9.17, 15) is 14.4 Å². The van der Waals surface area contributed by atoms with Gasteiger partial charge >= 0.3 is 5.97 Å². The molecule has 3 N–H and O–H groups in total. The number of carbonyl (C=O) groups excluding carboxylic acids is 2. The van der Waals surface area contributed by atoms with E-state index in [-0.39, 0.29) is 11.8 Å². The number of carboxylic acids is 1. The zero-order chi connectivity index (χ0) is 15.0. The van der Waals surface area contributed by atoms with Crippen molar-refractivity contribution in [2.45, 2.75) is 25.3 Å². The molecule has 2 saturated carbocycles. The average Bonchev–Trinajstić information content (AvgIpc) is 3.33. The van der Waals surface area contributed by atoms with Gasteiger partial charge in [0.05, 0.1) is 11.8 Å². The molecule has 0 aliphatic heterocycles. The standard InChI is InChI=1S/C15H16N2O4/c18-13(16-10-5-6-10)8-1-3-9(4-2-8)17-14(19)11-7-12(11)15(20)21/h1-4,10-12H,5-7H2,(H,16,18)(H,17,19)(H,20,21)/t11-,12+/m1/s1. The van der Waals surface area contributed by atoms with Crippen LogP contribution in [0.15, 0.2) is 24.3 Å². The highest BCUT2D eigenvalue weighted by Gasteiger charge is 2.48. The summed E-state index contributed by atoms with van der Waals surface area (Å²) in [6.45, 7) is 0. The fourth-order valence-corrected chi connectivity index (χ4v) is 2.19. The number of carboxylic acid groups (broad SMARTS) is 1. The van der Waals surface area contributed by atoms with E-state index in [1.165, 1.54) is 0 Å². The van der Waals surface area contributed by atoms with Crippen LogP contribution < -0.4 is 10.6 Å². The maximum atomic E-state index is 11.8. The summed E-state index contributed by atoms with van der Waals surface area (Å²) in [4.78, 5) is 34.3. The monoisotopic (exact) mass is 288 g/mol. The number of carbonyl (C=O) groups is 3. The van der Waals surface area contributed by atoms with E-state index in [0.717, 1.165) is 12.8 Å². The Bertz CT molecular complexity index is 592. The lowest BCUT2D eigenvalue weighted by Crippen LogP contribution is -2.25. The van der Waals surface area contributed by atoms with E-state index < -0.39 is 17.8 Å². The number of hydrogen-bond acceptors (Lipinski definition) is 3. The van der Waals surface area contributed by atoms with Crippen molar-refractivity contribution in [2.24, 2.45) is 11.8 Å². The number of hydrogen-bond donors (Lipinski definition) is 3. The van der Waals surface area contributed by atoms with Crippen molar-refractivity contribution in [3.8, 4) is 0 Å². The predicted octanol–water partition coefficient (Wildman–Crippen LogP) is 1.24. The molecule has 1 aromatic carbocycles. The third-order valence-electron chi connectivity index (χ3n) is 3.77. The summed E-state index contributed by atoms with van der Waals surface area (Å²) in [6.07, 6.45) is 2.46. The van der Waals surface area contributed by atoms with Crippen molar-refractivity contribution in [1.82, 2.24) is 5.32 Å². The molecular formula is C15H16N2O4. The zero-order valence-electron chi connectivity index (χ0n) is 11.3. The number of benzene rings is 1. The van der Waals surface area contributed by atoms with Crippen LogP contribution in [0.4, 0.5) is 5.69 Å². The summed E-state index contributed by atoms with van der Waals surface area (Å²) >= 11 is 0. The predicted molar refractivity (Wildman–Crippen MR) is 74.8 cm³/mol. The molecule has 3 rings (SSSR count). The molecule has 6 heteroatoms. The van der Waals surface area contributed by atoms with Crippen LogP contribution in [-0.4, -0.2) is 28.9 Å². The van der Waals surface area contributed by atoms with Gasteiger partial charge in [-0.3, -0.25) is 14.4 Å². The summed E-state index contributed by atoms with van der Waals surface area (Å²) in [5.74, 6) is -2.32. The van der Waals surface area contributed by atoms with Gasteiger partial charge in [0.25, 0.3) is 5.91 Å². The van der Waals surface area contributed by atoms with Gasteiger partial charge in [-0.2, -0.15) is 0 Å². The molecule has 2 amide bonds. The first kappa shape index (κ1) is 13.6. The fourth-order valence-electron chi connectivity index (χ4n) is 2.19. The van der Waals surface area contributed by atoms with Crippen LogP contribution in [0, 0.1) is 11.8 Å². The maximum Gasteiger partial charge on any atom is 0.307 e. The van der Waals surface area contributed by atoms with Crippen molar-refractivity contribution in [3.63, 3.8) is 0 Å². The maximum absolute atomic E-state index is 11.8. The number of nitrogens with one attached hydrogen (secondary N) is 2. The van der Waals surface area contributed by atoms with Crippen LogP contribution in [0.1, 0.15) is 29.6 Å². The largest absolute Gasteiger partial charge is 0.481 e. The summed E-state index contributed by atoms with van der Waals surface area (Å²) in [6, 6.07) is 6.90. The molecule has 2 fully saturated rings. The molecule has 1 aromatic rings. The van der Waals surface area contributed by atoms with E-state index in [2.05, 4.69) is 10.6 Å². The summed E-state index contributed by atoms with van der Waals surface area (Å²) in [7, 11) is 0. The number of rotatable bonds is 5. The van der Waals surface area contributed by atoms with Crippen molar-refractivity contribution < 1.29 is 19.5 Å². The lowest BCUT2D eigenvalue weighted by molar-refractivity contribution is -0.139. The van der Waals surface area contributed by atoms with Gasteiger partial charge in [0.2, 0.25) is 5.91 Å². The molecule has 0 saturated heterocycles. The van der Waals surface area contributed by atoms with Gasteiger partial charge in [-0.25, -0.2) is 0 Å². The first-order valence-electron chi connectivity index (χ1n) is 6.99. The average molecular weight is 288 g/mol. The van der Waals surface area contributed by atoms with E-state index in [4.69, 9.17) is 5.11 Å². The van der Waals surface area contributed by atoms with E-state index in [1.54, 1.807) is 24.3 Å². The Morgan fingerprint density at radius 3 is 2.24 bits per heavy atom. The van der Waals surface area contributed by atoms with Crippen LogP contribution >= 0.6 is 0 Å². The second-order valence-electron chi connectivity index (χ2n) is 5.60. The van der Waals surface area contributed by atoms with Crippen LogP contribution in [0.25, 0.3) is 0 Å². The molecule has 21 heavy (non-hydrogen) atoms. The Kier molecular flexibility index (Phi) is 3.37. The Labute approximate surface area is 121 Å². The topological polar surface area (TPSA) is 95.5 Å². The Morgan fingerprint density at radius 2 is 1.71 bits per heavy atom. The molecule has 0 aromatic heterocycles. The van der Waals surface area contributed by atoms with E-state index >= 15 is 0 Å². The fraction of sp³-hybridized carbons (Fsp3) is 0.400. The second-order valence-corrected chi connectivity index (χ2v) is 5.60. The molecule has 0 bridgehead atoms. The van der Waals surface area contributed by atoms with Gasteiger partial charge in [0.1, 0.15) is 0 Å². The highest BCUT2D eigenvalue weighted by Crippen LogP contribution is 2.39. The van der Waals surface area contributed by atoms with Crippen molar-refractivity contribution >= 4 is 23.5 Å². The van der Waals surface area contributed by atoms with Gasteiger partial charge in [-0.05, 0) is 43.5 Å². The van der Waals surface area contributed by atoms with Crippen molar-refractivity contribution in [1.29, 1.82) is 0 Å². The van der Waals surface area contributed by atoms with Gasteiger partial charge in [-0.15, -0.1) is 0 Å². The Balaban J connectivity index is 1.55. The molecule has 2 aliphatic rings. The summed E-state index contributed by atoms with van der Waals surface area (Å²) in [5.41, 5.74) is 1.12. The lowest BCUT2D eigenvalue weighted by Gasteiger charge is -2.06. The quantitative estimate of drug-likeness (QED) is 0.759. The molecule has 0 radical (unpaired) electrons. The van der Waals surface area contributed by atoms with Crippen molar-refractivity contribution in [2.75, 3.05) is 5.32 Å². The zero-order valence-corrected chi connectivity index (χ0v) is 11.3. The van der Waals surface area contributed by atoms with Gasteiger partial charge in [0, 0.05) is 17.3 Å². The SMILES string of the molecule is O=C(NC1CC1)c1ccc(NC(=O)[C@@H]2C[C@@H]2C(=O)O)cc1. The van der Waals surface area contributed by atoms with Gasteiger partial charge in [0.15, 0.2) is 0 Å². The van der Waals surface area contributed by atoms with Crippen LogP contribution in [0.3, 0.4) is 0 Å². The minimum Gasteiger partial charge on any atom is -0.481 e. The third kappa shape index (κ3) is 3.21. The Morgan fingerprint density at radius 1 is 1.05 bits per heavy atom. The molecule has 2 atom stereocenters. The van der Waals surface area contributed by atoms with Crippen LogP contribution in [-0.2, 0) is 9.59 Å². The molecule has 2 aliphatic carbocycles. The van der Waals surface area contributed by atoms with Gasteiger partial charge < -0.3 is 15.7 Å². The minimum atomic E-state index is -0.928. The van der Waals surface area contributed by atoms with E-state index in [1.807, 2.05) is 0 Å². The normalized spacial score (nSPS) is 23.2. The molecular weight excluding hydrogens is 272 g/mol. The highest BCUT2D eigenvalue weighted by molar-refractivity contribution is 5.99. The van der Waals surface area contributed by atoms with E-state index in [0.29, 0.717) is 23.7 Å². The highest BCUT2D eigenvalue weighted by atomic mass is 16.4. The molecule has 110 valence electrons. The second kappa shape index (κ2) is 5.20. The van der Waals surface area contributed by atoms with Crippen LogP contribution in [0.2, 0.25) is 0 Å². The molecule has 0 heterocycles. The molecule has 6 nitrogen and oxygen atoms in total. The first-order valence-corrected chi connectivity index (χ1v) is 6.99. The molecule has 0 unspecified atom stereocenters.